The van der Waals surface area contributed by atoms with Gasteiger partial charge in [0.15, 0.2) is 11.5 Å². The van der Waals surface area contributed by atoms with Crippen LogP contribution >= 0.6 is 22.7 Å². The maximum absolute atomic E-state index is 12.9. The van der Waals surface area contributed by atoms with Crippen molar-refractivity contribution in [3.05, 3.63) is 61.7 Å². The van der Waals surface area contributed by atoms with Gasteiger partial charge in [-0.2, -0.15) is 5.26 Å². The van der Waals surface area contributed by atoms with Gasteiger partial charge in [-0.15, -0.1) is 22.7 Å². The van der Waals surface area contributed by atoms with Crippen LogP contribution < -0.4 is 14.8 Å². The van der Waals surface area contributed by atoms with Crippen molar-refractivity contribution in [1.82, 2.24) is 4.90 Å². The number of hydrogen-bond acceptors (Lipinski definition) is 7. The number of anilines is 1. The lowest BCUT2D eigenvalue weighted by Gasteiger charge is -2.37. The number of nitrogens with one attached hydrogen (secondary N) is 1. The first-order valence-corrected chi connectivity index (χ1v) is 13.2. The van der Waals surface area contributed by atoms with Gasteiger partial charge in [0.1, 0.15) is 11.1 Å². The van der Waals surface area contributed by atoms with Crippen LogP contribution in [0.25, 0.3) is 0 Å². The molecule has 5 rings (SSSR count). The fourth-order valence-corrected chi connectivity index (χ4v) is 7.20. The molecule has 1 aliphatic carbocycles. The van der Waals surface area contributed by atoms with Gasteiger partial charge in [0, 0.05) is 29.3 Å². The number of hydrogen-bond donors (Lipinski definition) is 1. The molecule has 0 spiro atoms. The number of carbonyl (C=O) groups excluding carboxylic acids is 1. The number of fused-ring (bicyclic) bond motifs is 2. The lowest BCUT2D eigenvalue weighted by molar-refractivity contribution is -0.116. The van der Waals surface area contributed by atoms with Crippen LogP contribution in [0.4, 0.5) is 5.00 Å². The van der Waals surface area contributed by atoms with E-state index in [0.29, 0.717) is 23.5 Å². The molecule has 1 aliphatic heterocycles. The van der Waals surface area contributed by atoms with E-state index in [1.54, 1.807) is 36.9 Å². The Bertz CT molecular complexity index is 1240. The summed E-state index contributed by atoms with van der Waals surface area (Å²) in [6, 6.07) is 10.8. The maximum atomic E-state index is 12.9. The third-order valence-electron chi connectivity index (χ3n) is 6.70. The van der Waals surface area contributed by atoms with Gasteiger partial charge >= 0.3 is 0 Å². The summed E-state index contributed by atoms with van der Waals surface area (Å²) in [6.07, 6.45) is 4.30. The van der Waals surface area contributed by atoms with Gasteiger partial charge in [0.05, 0.1) is 25.8 Å². The number of nitrogens with zero attached hydrogens (tertiary/aromatic N) is 2. The standard InChI is InChI=1S/C26H27N3O3S2/c1-31-20-13-16-8-10-29(25(23-7-4-12-33-23)18(16)14-21(20)32-2)11-9-24(30)28-26-19(15-27)17-5-3-6-22(17)34-26/h4,7,12-14,25H,3,5-6,8-11H2,1-2H3,(H,28,30). The Balaban J connectivity index is 1.35. The van der Waals surface area contributed by atoms with E-state index in [1.807, 2.05) is 0 Å². The largest absolute Gasteiger partial charge is 0.493 e. The van der Waals surface area contributed by atoms with Gasteiger partial charge in [-0.1, -0.05) is 6.07 Å². The van der Waals surface area contributed by atoms with E-state index >= 15 is 0 Å². The van der Waals surface area contributed by atoms with Crippen molar-refractivity contribution >= 4 is 33.6 Å². The quantitative estimate of drug-likeness (QED) is 0.492. The fraction of sp³-hybridized carbons (Fsp3) is 0.385. The first kappa shape index (κ1) is 22.9. The van der Waals surface area contributed by atoms with Crippen LogP contribution in [-0.2, 0) is 24.1 Å². The average molecular weight is 494 g/mol. The smallest absolute Gasteiger partial charge is 0.226 e. The van der Waals surface area contributed by atoms with E-state index in [-0.39, 0.29) is 11.9 Å². The summed E-state index contributed by atoms with van der Waals surface area (Å²) in [5, 5.41) is 15.4. The lowest BCUT2D eigenvalue weighted by Crippen LogP contribution is -2.37. The number of aryl methyl sites for hydroxylation is 1. The number of carbonyl (C=O) groups is 1. The van der Waals surface area contributed by atoms with Gasteiger partial charge in [0.2, 0.25) is 5.91 Å². The molecule has 1 amide bonds. The first-order chi connectivity index (χ1) is 16.6. The highest BCUT2D eigenvalue weighted by Gasteiger charge is 2.31. The van der Waals surface area contributed by atoms with E-state index < -0.39 is 0 Å². The van der Waals surface area contributed by atoms with Crippen LogP contribution in [0.15, 0.2) is 29.6 Å². The number of rotatable bonds is 7. The van der Waals surface area contributed by atoms with Crippen molar-refractivity contribution in [3.63, 3.8) is 0 Å². The summed E-state index contributed by atoms with van der Waals surface area (Å²) in [5.41, 5.74) is 4.25. The number of amides is 1. The third kappa shape index (κ3) is 4.20. The summed E-state index contributed by atoms with van der Waals surface area (Å²) >= 11 is 3.29. The van der Waals surface area contributed by atoms with Crippen molar-refractivity contribution in [2.75, 3.05) is 32.6 Å². The molecule has 34 heavy (non-hydrogen) atoms. The van der Waals surface area contributed by atoms with Crippen molar-refractivity contribution < 1.29 is 14.3 Å². The molecular formula is C26H27N3O3S2. The number of benzene rings is 1. The van der Waals surface area contributed by atoms with Crippen molar-refractivity contribution in [2.45, 2.75) is 38.1 Å². The molecule has 0 saturated heterocycles. The van der Waals surface area contributed by atoms with Gasteiger partial charge in [-0.25, -0.2) is 0 Å². The lowest BCUT2D eigenvalue weighted by atomic mass is 9.90. The van der Waals surface area contributed by atoms with E-state index in [1.165, 1.54) is 20.9 Å². The molecule has 0 bridgehead atoms. The van der Waals surface area contributed by atoms with Crippen molar-refractivity contribution in [1.29, 1.82) is 5.26 Å². The predicted octanol–water partition coefficient (Wildman–Crippen LogP) is 5.16. The number of thiophene rings is 2. The maximum Gasteiger partial charge on any atom is 0.226 e. The molecule has 1 N–H and O–H groups in total. The monoisotopic (exact) mass is 493 g/mol. The van der Waals surface area contributed by atoms with E-state index in [0.717, 1.165) is 49.3 Å². The molecule has 8 heteroatoms. The second kappa shape index (κ2) is 9.79. The molecule has 1 unspecified atom stereocenters. The Labute approximate surface area is 207 Å². The normalized spacial score (nSPS) is 17.0. The Morgan fingerprint density at radius 3 is 2.79 bits per heavy atom. The van der Waals surface area contributed by atoms with Gasteiger partial charge in [-0.3, -0.25) is 9.69 Å². The molecule has 3 aromatic rings. The summed E-state index contributed by atoms with van der Waals surface area (Å²) < 4.78 is 11.1. The highest BCUT2D eigenvalue weighted by atomic mass is 32.1. The zero-order chi connectivity index (χ0) is 23.7. The molecule has 2 aromatic heterocycles. The van der Waals surface area contributed by atoms with Crippen LogP contribution in [0.3, 0.4) is 0 Å². The fourth-order valence-electron chi connectivity index (χ4n) is 5.06. The third-order valence-corrected chi connectivity index (χ3v) is 8.83. The summed E-state index contributed by atoms with van der Waals surface area (Å²) in [4.78, 5) is 17.8. The van der Waals surface area contributed by atoms with Crippen LogP contribution in [0, 0.1) is 11.3 Å². The molecule has 6 nitrogen and oxygen atoms in total. The van der Waals surface area contributed by atoms with Crippen LogP contribution in [0.2, 0.25) is 0 Å². The highest BCUT2D eigenvalue weighted by Crippen LogP contribution is 2.42. The molecule has 0 saturated carbocycles. The highest BCUT2D eigenvalue weighted by molar-refractivity contribution is 7.16. The molecule has 2 aliphatic rings. The Morgan fingerprint density at radius 2 is 2.06 bits per heavy atom. The minimum absolute atomic E-state index is 0.0422. The van der Waals surface area contributed by atoms with Crippen LogP contribution in [-0.4, -0.2) is 38.1 Å². The number of methoxy groups -OCH3 is 2. The molecule has 1 atom stereocenters. The van der Waals surface area contributed by atoms with Crippen molar-refractivity contribution in [3.8, 4) is 17.6 Å². The van der Waals surface area contributed by atoms with Crippen molar-refractivity contribution in [2.24, 2.45) is 0 Å². The molecule has 176 valence electrons. The molecular weight excluding hydrogens is 466 g/mol. The molecule has 0 fully saturated rings. The number of ether oxygens (including phenoxy) is 2. The topological polar surface area (TPSA) is 74.6 Å². The Kier molecular flexibility index (Phi) is 6.59. The van der Waals surface area contributed by atoms with Crippen LogP contribution in [0.1, 0.15) is 50.9 Å². The zero-order valence-electron chi connectivity index (χ0n) is 19.3. The summed E-state index contributed by atoms with van der Waals surface area (Å²) in [7, 11) is 3.32. The predicted molar refractivity (Wildman–Crippen MR) is 135 cm³/mol. The Morgan fingerprint density at radius 1 is 1.24 bits per heavy atom. The minimum Gasteiger partial charge on any atom is -0.493 e. The van der Waals surface area contributed by atoms with E-state index in [2.05, 4.69) is 45.9 Å². The summed E-state index contributed by atoms with van der Waals surface area (Å²) in [5.74, 6) is 1.42. The second-order valence-corrected chi connectivity index (χ2v) is 10.7. The van der Waals surface area contributed by atoms with E-state index in [9.17, 15) is 10.1 Å². The number of nitriles is 1. The minimum atomic E-state index is -0.0422. The van der Waals surface area contributed by atoms with Gasteiger partial charge in [0.25, 0.3) is 0 Å². The van der Waals surface area contributed by atoms with Gasteiger partial charge < -0.3 is 14.8 Å². The SMILES string of the molecule is COc1cc2c(cc1OC)C(c1cccs1)N(CCC(=O)Nc1sc3c(c1C#N)CCC3)CC2. The molecule has 1 aromatic carbocycles. The van der Waals surface area contributed by atoms with Gasteiger partial charge in [-0.05, 0) is 66.0 Å². The Hall–Kier alpha value is -2.86. The second-order valence-electron chi connectivity index (χ2n) is 8.58. The van der Waals surface area contributed by atoms with Crippen LogP contribution in [0.5, 0.6) is 11.5 Å². The molecule has 3 heterocycles. The average Bonchev–Trinajstić information content (AvgIpc) is 3.59. The zero-order valence-corrected chi connectivity index (χ0v) is 21.0. The first-order valence-electron chi connectivity index (χ1n) is 11.5. The van der Waals surface area contributed by atoms with E-state index in [4.69, 9.17) is 9.47 Å². The summed E-state index contributed by atoms with van der Waals surface area (Å²) in [6.45, 7) is 1.49. The molecule has 0 radical (unpaired) electrons.